The van der Waals surface area contributed by atoms with Crippen molar-refractivity contribution in [2.24, 2.45) is 5.41 Å². The van der Waals surface area contributed by atoms with Gasteiger partial charge in [-0.25, -0.2) is 0 Å². The number of benzene rings is 1. The van der Waals surface area contributed by atoms with Gasteiger partial charge in [-0.2, -0.15) is 5.26 Å². The molecule has 2 aliphatic rings. The van der Waals surface area contributed by atoms with Crippen LogP contribution in [-0.2, 0) is 4.79 Å². The lowest BCUT2D eigenvalue weighted by Crippen LogP contribution is -2.34. The van der Waals surface area contributed by atoms with Crippen LogP contribution in [0.4, 0.5) is 5.69 Å². The number of amides is 1. The molecule has 18 heavy (non-hydrogen) atoms. The predicted octanol–water partition coefficient (Wildman–Crippen LogP) is 2.42. The van der Waals surface area contributed by atoms with Gasteiger partial charge in [-0.05, 0) is 38.0 Å². The summed E-state index contributed by atoms with van der Waals surface area (Å²) in [7, 11) is 0. The van der Waals surface area contributed by atoms with Crippen LogP contribution in [0, 0.1) is 16.7 Å². The summed E-state index contributed by atoms with van der Waals surface area (Å²) in [4.78, 5) is 11.5. The van der Waals surface area contributed by atoms with Gasteiger partial charge in [0, 0.05) is 5.92 Å². The Balaban J connectivity index is 1.92. The minimum absolute atomic E-state index is 0.126. The number of nitrogens with one attached hydrogen (secondary N) is 1. The minimum atomic E-state index is -0.450. The summed E-state index contributed by atoms with van der Waals surface area (Å²) < 4.78 is 5.50. The quantitative estimate of drug-likeness (QED) is 0.822. The van der Waals surface area contributed by atoms with Crippen molar-refractivity contribution < 1.29 is 9.53 Å². The third kappa shape index (κ3) is 1.55. The summed E-state index contributed by atoms with van der Waals surface area (Å²) in [5, 5.41) is 11.9. The third-order valence-corrected chi connectivity index (χ3v) is 3.83. The van der Waals surface area contributed by atoms with Gasteiger partial charge in [0.2, 0.25) is 0 Å². The monoisotopic (exact) mass is 242 g/mol. The fraction of sp³-hybridized carbons (Fsp3) is 0.429. The number of nitriles is 1. The highest BCUT2D eigenvalue weighted by molar-refractivity contribution is 5.97. The van der Waals surface area contributed by atoms with Crippen molar-refractivity contribution in [1.29, 1.82) is 5.26 Å². The maximum Gasteiger partial charge on any atom is 0.265 e. The van der Waals surface area contributed by atoms with E-state index in [4.69, 9.17) is 10.00 Å². The molecule has 1 saturated carbocycles. The van der Waals surface area contributed by atoms with Crippen LogP contribution in [0.5, 0.6) is 5.75 Å². The van der Waals surface area contributed by atoms with E-state index in [1.54, 1.807) is 6.92 Å². The molecule has 3 rings (SSSR count). The Morgan fingerprint density at radius 2 is 2.33 bits per heavy atom. The second-order valence-corrected chi connectivity index (χ2v) is 5.29. The van der Waals surface area contributed by atoms with Crippen LogP contribution in [0.3, 0.4) is 0 Å². The second-order valence-electron chi connectivity index (χ2n) is 5.29. The molecule has 3 atom stereocenters. The lowest BCUT2D eigenvalue weighted by atomic mass is 10.0. The van der Waals surface area contributed by atoms with Crippen molar-refractivity contribution >= 4 is 11.6 Å². The molecule has 0 bridgehead atoms. The standard InChI is InChI=1S/C14H14N2O2/c1-8-13(17)16-11-5-9(3-4-12(11)18-8)10-6-14(10,2)7-15/h3-5,8,10H,6H2,1-2H3,(H,16,17). The Morgan fingerprint density at radius 1 is 1.56 bits per heavy atom. The van der Waals surface area contributed by atoms with Gasteiger partial charge in [0.15, 0.2) is 6.10 Å². The highest BCUT2D eigenvalue weighted by Gasteiger charge is 2.51. The molecule has 0 aromatic heterocycles. The SMILES string of the molecule is CC1Oc2ccc(C3CC3(C)C#N)cc2NC1=O. The highest BCUT2D eigenvalue weighted by atomic mass is 16.5. The summed E-state index contributed by atoms with van der Waals surface area (Å²) in [5.74, 6) is 0.840. The zero-order chi connectivity index (χ0) is 12.9. The van der Waals surface area contributed by atoms with Gasteiger partial charge >= 0.3 is 0 Å². The first-order chi connectivity index (χ1) is 8.53. The van der Waals surface area contributed by atoms with E-state index in [1.165, 1.54) is 0 Å². The van der Waals surface area contributed by atoms with Crippen molar-refractivity contribution in [2.75, 3.05) is 5.32 Å². The molecule has 1 aromatic rings. The molecule has 92 valence electrons. The zero-order valence-electron chi connectivity index (χ0n) is 10.4. The van der Waals surface area contributed by atoms with Crippen molar-refractivity contribution in [1.82, 2.24) is 0 Å². The van der Waals surface area contributed by atoms with Crippen LogP contribution in [0.2, 0.25) is 0 Å². The largest absolute Gasteiger partial charge is 0.479 e. The van der Waals surface area contributed by atoms with Crippen molar-refractivity contribution in [3.63, 3.8) is 0 Å². The van der Waals surface area contributed by atoms with Crippen LogP contribution in [-0.4, -0.2) is 12.0 Å². The normalized spacial score (nSPS) is 32.8. The van der Waals surface area contributed by atoms with E-state index in [-0.39, 0.29) is 17.2 Å². The second kappa shape index (κ2) is 3.49. The molecule has 1 aliphatic heterocycles. The van der Waals surface area contributed by atoms with Crippen molar-refractivity contribution in [3.05, 3.63) is 23.8 Å². The molecule has 1 fully saturated rings. The molecule has 1 N–H and O–H groups in total. The molecule has 4 heteroatoms. The lowest BCUT2D eigenvalue weighted by Gasteiger charge is -2.23. The summed E-state index contributed by atoms with van der Waals surface area (Å²) in [6.07, 6.45) is 0.432. The number of hydrogen-bond donors (Lipinski definition) is 1. The first-order valence-electron chi connectivity index (χ1n) is 6.06. The van der Waals surface area contributed by atoms with Gasteiger partial charge in [0.05, 0.1) is 17.2 Å². The fourth-order valence-corrected chi connectivity index (χ4v) is 2.42. The van der Waals surface area contributed by atoms with Gasteiger partial charge in [-0.15, -0.1) is 0 Å². The van der Waals surface area contributed by atoms with E-state index in [1.807, 2.05) is 25.1 Å². The van der Waals surface area contributed by atoms with Crippen molar-refractivity contribution in [3.8, 4) is 11.8 Å². The van der Waals surface area contributed by atoms with Gasteiger partial charge in [-0.3, -0.25) is 4.79 Å². The first-order valence-corrected chi connectivity index (χ1v) is 6.06. The maximum absolute atomic E-state index is 11.5. The minimum Gasteiger partial charge on any atom is -0.479 e. The molecule has 4 nitrogen and oxygen atoms in total. The van der Waals surface area contributed by atoms with E-state index in [0.29, 0.717) is 11.4 Å². The average molecular weight is 242 g/mol. The molecular formula is C14H14N2O2. The fourth-order valence-electron chi connectivity index (χ4n) is 2.42. The maximum atomic E-state index is 11.5. The molecule has 0 spiro atoms. The highest BCUT2D eigenvalue weighted by Crippen LogP contribution is 2.59. The topological polar surface area (TPSA) is 62.1 Å². The van der Waals surface area contributed by atoms with Crippen LogP contribution in [0.15, 0.2) is 18.2 Å². The van der Waals surface area contributed by atoms with E-state index in [2.05, 4.69) is 11.4 Å². The molecule has 0 saturated heterocycles. The average Bonchev–Trinajstić information content (AvgIpc) is 3.03. The Bertz CT molecular complexity index is 576. The summed E-state index contributed by atoms with van der Waals surface area (Å²) >= 11 is 0. The van der Waals surface area contributed by atoms with E-state index in [0.717, 1.165) is 12.0 Å². The summed E-state index contributed by atoms with van der Waals surface area (Å²) in [6.45, 7) is 3.69. The molecule has 1 aromatic carbocycles. The van der Waals surface area contributed by atoms with Crippen LogP contribution in [0.1, 0.15) is 31.7 Å². The van der Waals surface area contributed by atoms with Crippen LogP contribution in [0.25, 0.3) is 0 Å². The molecule has 3 unspecified atom stereocenters. The third-order valence-electron chi connectivity index (χ3n) is 3.83. The predicted molar refractivity (Wildman–Crippen MR) is 66.2 cm³/mol. The van der Waals surface area contributed by atoms with Crippen LogP contribution >= 0.6 is 0 Å². The number of nitrogens with zero attached hydrogens (tertiary/aromatic N) is 1. The number of ether oxygens (including phenoxy) is 1. The number of anilines is 1. The smallest absolute Gasteiger partial charge is 0.265 e. The van der Waals surface area contributed by atoms with Gasteiger partial charge in [-0.1, -0.05) is 6.07 Å². The van der Waals surface area contributed by atoms with Crippen molar-refractivity contribution in [2.45, 2.75) is 32.3 Å². The Kier molecular flexibility index (Phi) is 2.15. The molecular weight excluding hydrogens is 228 g/mol. The van der Waals surface area contributed by atoms with E-state index < -0.39 is 6.10 Å². The molecule has 1 amide bonds. The van der Waals surface area contributed by atoms with Crippen LogP contribution < -0.4 is 10.1 Å². The first kappa shape index (κ1) is 11.1. The zero-order valence-corrected chi connectivity index (χ0v) is 10.4. The number of carbonyl (C=O) groups excluding carboxylic acids is 1. The summed E-state index contributed by atoms with van der Waals surface area (Å²) in [5.41, 5.74) is 1.56. The van der Waals surface area contributed by atoms with Gasteiger partial charge in [0.1, 0.15) is 5.75 Å². The molecule has 0 radical (unpaired) electrons. The Morgan fingerprint density at radius 3 is 3.00 bits per heavy atom. The Labute approximate surface area is 106 Å². The number of carbonyl (C=O) groups is 1. The summed E-state index contributed by atoms with van der Waals surface area (Å²) in [6, 6.07) is 8.12. The van der Waals surface area contributed by atoms with Gasteiger partial charge in [0.25, 0.3) is 5.91 Å². The number of rotatable bonds is 1. The molecule has 1 aliphatic carbocycles. The Hall–Kier alpha value is -2.02. The number of hydrogen-bond acceptors (Lipinski definition) is 3. The number of fused-ring (bicyclic) bond motifs is 1. The molecule has 1 heterocycles. The van der Waals surface area contributed by atoms with E-state index in [9.17, 15) is 4.79 Å². The van der Waals surface area contributed by atoms with Gasteiger partial charge < -0.3 is 10.1 Å². The lowest BCUT2D eigenvalue weighted by molar-refractivity contribution is -0.122. The van der Waals surface area contributed by atoms with E-state index >= 15 is 0 Å².